The van der Waals surface area contributed by atoms with Gasteiger partial charge in [0.25, 0.3) is 0 Å². The minimum absolute atomic E-state index is 0.0984. The first-order valence-corrected chi connectivity index (χ1v) is 4.72. The molecule has 0 aliphatic rings. The van der Waals surface area contributed by atoms with E-state index in [-0.39, 0.29) is 12.2 Å². The summed E-state index contributed by atoms with van der Waals surface area (Å²) in [5.74, 6) is 0.481. The second kappa shape index (κ2) is 4.77. The van der Waals surface area contributed by atoms with Crippen LogP contribution < -0.4 is 4.74 Å². The minimum atomic E-state index is -0.184. The molecule has 72 valence electrons. The molecular weight excluding hydrogens is 246 g/mol. The van der Waals surface area contributed by atoms with Crippen LogP contribution in [0.25, 0.3) is 0 Å². The molecule has 14 heavy (non-hydrogen) atoms. The number of halogens is 1. The number of benzene rings is 1. The molecule has 0 N–H and O–H groups in total. The smallest absolute Gasteiger partial charge is 0.176 e. The fourth-order valence-electron chi connectivity index (χ4n) is 1.01. The van der Waals surface area contributed by atoms with E-state index in [1.807, 2.05) is 6.07 Å². The average Bonchev–Trinajstić information content (AvgIpc) is 2.18. The maximum Gasteiger partial charge on any atom is 0.176 e. The van der Waals surface area contributed by atoms with E-state index in [1.54, 1.807) is 25.3 Å². The number of ether oxygens (including phenoxy) is 1. The third kappa shape index (κ3) is 2.33. The molecule has 3 nitrogen and oxygen atoms in total. The number of rotatable bonds is 3. The summed E-state index contributed by atoms with van der Waals surface area (Å²) in [4.78, 5) is 11.3. The van der Waals surface area contributed by atoms with E-state index in [9.17, 15) is 4.79 Å². The highest BCUT2D eigenvalue weighted by Crippen LogP contribution is 2.25. The topological polar surface area (TPSA) is 50.1 Å². The van der Waals surface area contributed by atoms with Gasteiger partial charge in [-0.3, -0.25) is 4.79 Å². The van der Waals surface area contributed by atoms with Gasteiger partial charge in [-0.25, -0.2) is 0 Å². The monoisotopic (exact) mass is 253 g/mol. The predicted molar refractivity (Wildman–Crippen MR) is 55.3 cm³/mol. The molecule has 0 bridgehead atoms. The van der Waals surface area contributed by atoms with E-state index >= 15 is 0 Å². The highest BCUT2D eigenvalue weighted by Gasteiger charge is 2.07. The van der Waals surface area contributed by atoms with Crippen molar-refractivity contribution in [3.63, 3.8) is 0 Å². The Kier molecular flexibility index (Phi) is 3.66. The van der Waals surface area contributed by atoms with Gasteiger partial charge in [0.2, 0.25) is 0 Å². The van der Waals surface area contributed by atoms with Gasteiger partial charge in [0, 0.05) is 5.56 Å². The van der Waals surface area contributed by atoms with Crippen molar-refractivity contribution >= 4 is 21.7 Å². The molecule has 0 unspecified atom stereocenters. The summed E-state index contributed by atoms with van der Waals surface area (Å²) in [6, 6.07) is 6.80. The quantitative estimate of drug-likeness (QED) is 0.779. The first kappa shape index (κ1) is 10.7. The van der Waals surface area contributed by atoms with E-state index in [1.165, 1.54) is 0 Å². The van der Waals surface area contributed by atoms with Crippen molar-refractivity contribution in [2.75, 3.05) is 7.11 Å². The Labute approximate surface area is 90.4 Å². The van der Waals surface area contributed by atoms with Gasteiger partial charge in [0.15, 0.2) is 5.78 Å². The molecule has 0 atom stereocenters. The first-order chi connectivity index (χ1) is 6.69. The minimum Gasteiger partial charge on any atom is -0.496 e. The zero-order valence-corrected chi connectivity index (χ0v) is 9.17. The molecule has 0 aliphatic carbocycles. The fourth-order valence-corrected chi connectivity index (χ4v) is 1.55. The number of nitriles is 1. The second-order valence-corrected chi connectivity index (χ2v) is 3.46. The van der Waals surface area contributed by atoms with Crippen LogP contribution in [0.5, 0.6) is 5.75 Å². The normalized spacial score (nSPS) is 9.21. The molecule has 1 aromatic rings. The number of hydrogen-bond donors (Lipinski definition) is 0. The molecule has 0 saturated heterocycles. The van der Waals surface area contributed by atoms with Crippen LogP contribution in [0.4, 0.5) is 0 Å². The van der Waals surface area contributed by atoms with Gasteiger partial charge in [0.05, 0.1) is 24.1 Å². The zero-order chi connectivity index (χ0) is 10.6. The van der Waals surface area contributed by atoms with Crippen molar-refractivity contribution in [3.05, 3.63) is 28.2 Å². The fraction of sp³-hybridized carbons (Fsp3) is 0.200. The molecule has 0 fully saturated rings. The van der Waals surface area contributed by atoms with E-state index in [4.69, 9.17) is 10.00 Å². The van der Waals surface area contributed by atoms with Crippen molar-refractivity contribution in [3.8, 4) is 11.8 Å². The van der Waals surface area contributed by atoms with Crippen LogP contribution in [0.1, 0.15) is 16.8 Å². The maximum atomic E-state index is 11.3. The standard InChI is InChI=1S/C10H8BrNO2/c1-14-10-3-2-7(6-8(10)11)9(13)4-5-12/h2-3,6H,4H2,1H3. The number of carbonyl (C=O) groups excluding carboxylic acids is 1. The lowest BCUT2D eigenvalue weighted by atomic mass is 10.1. The number of Topliss-reactive ketones (excluding diaryl/α,β-unsaturated/α-hetero) is 1. The number of nitrogens with zero attached hydrogens (tertiary/aromatic N) is 1. The van der Waals surface area contributed by atoms with Crippen molar-refractivity contribution in [2.45, 2.75) is 6.42 Å². The molecular formula is C10H8BrNO2. The van der Waals surface area contributed by atoms with Crippen LogP contribution in [0, 0.1) is 11.3 Å². The summed E-state index contributed by atoms with van der Waals surface area (Å²) in [5, 5.41) is 8.36. The van der Waals surface area contributed by atoms with Gasteiger partial charge in [-0.2, -0.15) is 5.26 Å². The van der Waals surface area contributed by atoms with Crippen molar-refractivity contribution in [2.24, 2.45) is 0 Å². The summed E-state index contributed by atoms with van der Waals surface area (Å²) >= 11 is 3.27. The van der Waals surface area contributed by atoms with Gasteiger partial charge in [-0.15, -0.1) is 0 Å². The predicted octanol–water partition coefficient (Wildman–Crippen LogP) is 2.55. The van der Waals surface area contributed by atoms with Gasteiger partial charge < -0.3 is 4.74 Å². The van der Waals surface area contributed by atoms with Gasteiger partial charge in [-0.05, 0) is 34.1 Å². The Morgan fingerprint density at radius 1 is 1.64 bits per heavy atom. The van der Waals surface area contributed by atoms with E-state index in [0.29, 0.717) is 15.8 Å². The highest BCUT2D eigenvalue weighted by molar-refractivity contribution is 9.10. The summed E-state index contributed by atoms with van der Waals surface area (Å²) in [6.45, 7) is 0. The molecule has 4 heteroatoms. The van der Waals surface area contributed by atoms with Crippen LogP contribution in [-0.2, 0) is 0 Å². The molecule has 1 aromatic carbocycles. The maximum absolute atomic E-state index is 11.3. The summed E-state index contributed by atoms with van der Waals surface area (Å²) in [7, 11) is 1.55. The lowest BCUT2D eigenvalue weighted by Gasteiger charge is -2.03. The Hall–Kier alpha value is -1.34. The van der Waals surface area contributed by atoms with Crippen LogP contribution in [0.15, 0.2) is 22.7 Å². The van der Waals surface area contributed by atoms with Gasteiger partial charge in [0.1, 0.15) is 5.75 Å². The second-order valence-electron chi connectivity index (χ2n) is 2.61. The summed E-state index contributed by atoms with van der Waals surface area (Å²) in [5.41, 5.74) is 0.513. The van der Waals surface area contributed by atoms with Gasteiger partial charge in [-0.1, -0.05) is 0 Å². The third-order valence-corrected chi connectivity index (χ3v) is 2.33. The Bertz CT molecular complexity index is 396. The number of ketones is 1. The summed E-state index contributed by atoms with van der Waals surface area (Å²) < 4.78 is 5.73. The zero-order valence-electron chi connectivity index (χ0n) is 7.58. The van der Waals surface area contributed by atoms with Crippen molar-refractivity contribution in [1.82, 2.24) is 0 Å². The van der Waals surface area contributed by atoms with Crippen LogP contribution in [0.2, 0.25) is 0 Å². The lowest BCUT2D eigenvalue weighted by molar-refractivity contribution is 0.0997. The third-order valence-electron chi connectivity index (χ3n) is 1.71. The molecule has 0 radical (unpaired) electrons. The Morgan fingerprint density at radius 2 is 2.36 bits per heavy atom. The first-order valence-electron chi connectivity index (χ1n) is 3.92. The number of hydrogen-bond acceptors (Lipinski definition) is 3. The molecule has 0 spiro atoms. The molecule has 0 aromatic heterocycles. The van der Waals surface area contributed by atoms with Crippen LogP contribution >= 0.6 is 15.9 Å². The largest absolute Gasteiger partial charge is 0.496 e. The molecule has 1 rings (SSSR count). The Morgan fingerprint density at radius 3 is 2.86 bits per heavy atom. The highest BCUT2D eigenvalue weighted by atomic mass is 79.9. The molecule has 0 aliphatic heterocycles. The van der Waals surface area contributed by atoms with E-state index in [2.05, 4.69) is 15.9 Å². The van der Waals surface area contributed by atoms with Crippen LogP contribution in [-0.4, -0.2) is 12.9 Å². The molecule has 0 heterocycles. The molecule has 0 saturated carbocycles. The average molecular weight is 254 g/mol. The molecule has 0 amide bonds. The van der Waals surface area contributed by atoms with Crippen molar-refractivity contribution in [1.29, 1.82) is 5.26 Å². The summed E-state index contributed by atoms with van der Waals surface area (Å²) in [6.07, 6.45) is -0.0984. The van der Waals surface area contributed by atoms with Crippen LogP contribution in [0.3, 0.4) is 0 Å². The van der Waals surface area contributed by atoms with E-state index < -0.39 is 0 Å². The van der Waals surface area contributed by atoms with E-state index in [0.717, 1.165) is 0 Å². The number of methoxy groups -OCH3 is 1. The lowest BCUT2D eigenvalue weighted by Crippen LogP contribution is -1.97. The SMILES string of the molecule is COc1ccc(C(=O)CC#N)cc1Br. The van der Waals surface area contributed by atoms with Gasteiger partial charge >= 0.3 is 0 Å². The Balaban J connectivity index is 2.98. The van der Waals surface area contributed by atoms with Crippen molar-refractivity contribution < 1.29 is 9.53 Å². The number of carbonyl (C=O) groups is 1.